The van der Waals surface area contributed by atoms with Crippen LogP contribution in [-0.2, 0) is 19.0 Å². The van der Waals surface area contributed by atoms with Gasteiger partial charge < -0.3 is 23.7 Å². The van der Waals surface area contributed by atoms with Gasteiger partial charge in [-0.3, -0.25) is 4.79 Å². The summed E-state index contributed by atoms with van der Waals surface area (Å²) in [5.74, 6) is 0.173. The second kappa shape index (κ2) is 22.1. The molecule has 0 bridgehead atoms. The second-order valence-electron chi connectivity index (χ2n) is 13.8. The van der Waals surface area contributed by atoms with Gasteiger partial charge in [0.25, 0.3) is 0 Å². The topological polar surface area (TPSA) is 63.2 Å². The minimum atomic E-state index is -0.480. The van der Waals surface area contributed by atoms with E-state index in [1.807, 2.05) is 6.42 Å². The molecule has 0 unspecified atom stereocenters. The molecule has 272 valence electrons. The summed E-state index contributed by atoms with van der Waals surface area (Å²) in [4.78, 5) is 11.9. The largest absolute Gasteiger partial charge is 0.491 e. The van der Waals surface area contributed by atoms with Crippen LogP contribution in [0.4, 0.5) is 8.78 Å². The fourth-order valence-electron chi connectivity index (χ4n) is 6.57. The predicted octanol–water partition coefficient (Wildman–Crippen LogP) is 10.4. The molecule has 49 heavy (non-hydrogen) atoms. The lowest BCUT2D eigenvalue weighted by atomic mass is 9.89. The number of hydrogen-bond donors (Lipinski definition) is 0. The van der Waals surface area contributed by atoms with Crippen LogP contribution < -0.4 is 9.47 Å². The van der Waals surface area contributed by atoms with E-state index >= 15 is 0 Å². The minimum Gasteiger partial charge on any atom is -0.491 e. The fraction of sp³-hybridized carbons (Fsp3) is 0.634. The molecular formula is C41H58F2O6. The Balaban J connectivity index is 1.04. The quantitative estimate of drug-likeness (QED) is 0.0699. The summed E-state index contributed by atoms with van der Waals surface area (Å²) in [5, 5.41) is 0. The highest BCUT2D eigenvalue weighted by Crippen LogP contribution is 2.30. The number of ether oxygens (including phenoxy) is 5. The SMILES string of the molecule is [CH2+][CH-]CCCC(=O)OC1CCC(OCCCCOc2ccc(-c3ccc(OCCCCCCOC4CCC(C)CC4)c(F)c3)cc2F)CC1. The van der Waals surface area contributed by atoms with Crippen LogP contribution in [-0.4, -0.2) is 50.7 Å². The molecule has 0 N–H and O–H groups in total. The summed E-state index contributed by atoms with van der Waals surface area (Å²) < 4.78 is 58.6. The van der Waals surface area contributed by atoms with Gasteiger partial charge in [-0.05, 0) is 125 Å². The minimum absolute atomic E-state index is 0.00552. The Bertz CT molecular complexity index is 1220. The second-order valence-corrected chi connectivity index (χ2v) is 13.8. The van der Waals surface area contributed by atoms with Crippen LogP contribution in [0.25, 0.3) is 11.1 Å². The lowest BCUT2D eigenvalue weighted by Gasteiger charge is -2.28. The van der Waals surface area contributed by atoms with E-state index in [1.165, 1.54) is 37.8 Å². The monoisotopic (exact) mass is 684 g/mol. The van der Waals surface area contributed by atoms with Gasteiger partial charge in [-0.2, -0.15) is 0 Å². The van der Waals surface area contributed by atoms with Crippen molar-refractivity contribution in [3.05, 3.63) is 61.4 Å². The van der Waals surface area contributed by atoms with Crippen molar-refractivity contribution in [1.29, 1.82) is 0 Å². The van der Waals surface area contributed by atoms with Crippen molar-refractivity contribution in [1.82, 2.24) is 0 Å². The zero-order valence-corrected chi connectivity index (χ0v) is 29.6. The zero-order valence-electron chi connectivity index (χ0n) is 29.6. The van der Waals surface area contributed by atoms with Gasteiger partial charge >= 0.3 is 5.97 Å². The summed E-state index contributed by atoms with van der Waals surface area (Å²) in [6.45, 7) is 8.27. The molecular weight excluding hydrogens is 626 g/mol. The van der Waals surface area contributed by atoms with Crippen molar-refractivity contribution in [3.8, 4) is 22.6 Å². The van der Waals surface area contributed by atoms with E-state index in [0.29, 0.717) is 43.5 Å². The molecule has 0 aromatic heterocycles. The lowest BCUT2D eigenvalue weighted by Crippen LogP contribution is -2.28. The molecule has 2 aromatic carbocycles. The van der Waals surface area contributed by atoms with E-state index in [1.54, 1.807) is 24.3 Å². The molecule has 2 aliphatic carbocycles. The summed E-state index contributed by atoms with van der Waals surface area (Å²) in [6.07, 6.45) is 18.4. The number of esters is 1. The fourth-order valence-corrected chi connectivity index (χ4v) is 6.57. The van der Waals surface area contributed by atoms with Crippen molar-refractivity contribution >= 4 is 5.97 Å². The third kappa shape index (κ3) is 14.5. The van der Waals surface area contributed by atoms with E-state index in [0.717, 1.165) is 89.6 Å². The molecule has 6 nitrogen and oxygen atoms in total. The molecule has 0 saturated heterocycles. The first-order valence-corrected chi connectivity index (χ1v) is 18.8. The van der Waals surface area contributed by atoms with E-state index in [2.05, 4.69) is 13.8 Å². The summed E-state index contributed by atoms with van der Waals surface area (Å²) >= 11 is 0. The Morgan fingerprint density at radius 1 is 0.673 bits per heavy atom. The third-order valence-corrected chi connectivity index (χ3v) is 9.67. The Hall–Kier alpha value is -2.84. The van der Waals surface area contributed by atoms with Gasteiger partial charge in [0, 0.05) is 19.6 Å². The lowest BCUT2D eigenvalue weighted by molar-refractivity contribution is -0.152. The van der Waals surface area contributed by atoms with E-state index < -0.39 is 11.6 Å². The van der Waals surface area contributed by atoms with Crippen LogP contribution in [0.5, 0.6) is 11.5 Å². The van der Waals surface area contributed by atoms with E-state index in [9.17, 15) is 13.6 Å². The van der Waals surface area contributed by atoms with Gasteiger partial charge in [-0.25, -0.2) is 8.78 Å². The standard InChI is InChI=1S/C41H58F2O6/c1-3-4-7-12-41(44)49-36-21-19-35(20-22-36)46-26-10-11-28-48-40-24-16-33(30-38(40)43)32-15-23-39(37(42)29-32)47-27-9-6-5-8-25-45-34-17-13-31(2)14-18-34/h3,15-16,23-24,29-31,34-36H,1,4-14,17-22,25-28H2,2H3. The molecule has 0 heterocycles. The normalized spacial score (nSPS) is 21.0. The van der Waals surface area contributed by atoms with Crippen LogP contribution in [0.2, 0.25) is 0 Å². The Morgan fingerprint density at radius 2 is 1.14 bits per heavy atom. The number of benzene rings is 2. The highest BCUT2D eigenvalue weighted by molar-refractivity contribution is 5.69. The zero-order chi connectivity index (χ0) is 34.7. The van der Waals surface area contributed by atoms with Crippen molar-refractivity contribution in [3.63, 3.8) is 0 Å². The molecule has 8 heteroatoms. The first kappa shape index (κ1) is 39.0. The van der Waals surface area contributed by atoms with Crippen LogP contribution in [0, 0.1) is 30.9 Å². The highest BCUT2D eigenvalue weighted by atomic mass is 19.1. The molecule has 0 atom stereocenters. The molecule has 2 aliphatic rings. The van der Waals surface area contributed by atoms with Crippen LogP contribution in [0.1, 0.15) is 116 Å². The Kier molecular flexibility index (Phi) is 17.6. The van der Waals surface area contributed by atoms with E-state index in [-0.39, 0.29) is 29.7 Å². The smallest absolute Gasteiger partial charge is 0.305 e. The molecule has 0 spiro atoms. The highest BCUT2D eigenvalue weighted by Gasteiger charge is 2.24. The molecule has 2 saturated carbocycles. The van der Waals surface area contributed by atoms with Crippen molar-refractivity contribution < 1.29 is 37.3 Å². The molecule has 2 aromatic rings. The van der Waals surface area contributed by atoms with Gasteiger partial charge in [0.2, 0.25) is 0 Å². The number of hydrogen-bond acceptors (Lipinski definition) is 6. The summed E-state index contributed by atoms with van der Waals surface area (Å²) in [5.41, 5.74) is 1.15. The number of carbonyl (C=O) groups is 1. The summed E-state index contributed by atoms with van der Waals surface area (Å²) in [6, 6.07) is 9.46. The van der Waals surface area contributed by atoms with Crippen molar-refractivity contribution in [2.45, 2.75) is 134 Å². The van der Waals surface area contributed by atoms with Crippen LogP contribution in [0.15, 0.2) is 36.4 Å². The van der Waals surface area contributed by atoms with Crippen LogP contribution in [0.3, 0.4) is 0 Å². The molecule has 4 rings (SSSR count). The maximum absolute atomic E-state index is 14.8. The molecule has 0 radical (unpaired) electrons. The third-order valence-electron chi connectivity index (χ3n) is 9.67. The molecule has 0 aliphatic heterocycles. The maximum Gasteiger partial charge on any atom is 0.305 e. The Morgan fingerprint density at radius 3 is 1.67 bits per heavy atom. The molecule has 0 amide bonds. The first-order valence-electron chi connectivity index (χ1n) is 18.8. The number of unbranched alkanes of at least 4 members (excludes halogenated alkanes) is 6. The van der Waals surface area contributed by atoms with Crippen molar-refractivity contribution in [2.24, 2.45) is 5.92 Å². The average Bonchev–Trinajstić information content (AvgIpc) is 3.10. The number of halogens is 2. The maximum atomic E-state index is 14.8. The van der Waals surface area contributed by atoms with Gasteiger partial charge in [0.05, 0.1) is 25.4 Å². The summed E-state index contributed by atoms with van der Waals surface area (Å²) in [7, 11) is 0. The average molecular weight is 685 g/mol. The van der Waals surface area contributed by atoms with Gasteiger partial charge in [-0.15, -0.1) is 12.8 Å². The van der Waals surface area contributed by atoms with Crippen LogP contribution >= 0.6 is 0 Å². The molecule has 2 fully saturated rings. The van der Waals surface area contributed by atoms with Gasteiger partial charge in [0.15, 0.2) is 23.1 Å². The van der Waals surface area contributed by atoms with Gasteiger partial charge in [-0.1, -0.05) is 38.8 Å². The van der Waals surface area contributed by atoms with E-state index in [4.69, 9.17) is 23.7 Å². The van der Waals surface area contributed by atoms with Gasteiger partial charge in [0.1, 0.15) is 6.10 Å². The number of carbonyl (C=O) groups excluding carboxylic acids is 1. The Labute approximate surface area is 293 Å². The predicted molar refractivity (Wildman–Crippen MR) is 189 cm³/mol. The van der Waals surface area contributed by atoms with Crippen molar-refractivity contribution in [2.75, 3.05) is 26.4 Å². The first-order chi connectivity index (χ1) is 23.9. The number of rotatable bonds is 22.